The van der Waals surface area contributed by atoms with Gasteiger partial charge in [0.25, 0.3) is 10.0 Å². The van der Waals surface area contributed by atoms with E-state index in [1.165, 1.54) is 36.2 Å². The van der Waals surface area contributed by atoms with Crippen molar-refractivity contribution in [2.45, 2.75) is 24.4 Å². The van der Waals surface area contributed by atoms with Crippen molar-refractivity contribution in [3.05, 3.63) is 93.4 Å². The highest BCUT2D eigenvalue weighted by Crippen LogP contribution is 2.26. The summed E-state index contributed by atoms with van der Waals surface area (Å²) in [5.74, 6) is -0.992. The average molecular weight is 569 g/mol. The Morgan fingerprint density at radius 1 is 0.917 bits per heavy atom. The van der Waals surface area contributed by atoms with Gasteiger partial charge in [-0.25, -0.2) is 8.42 Å². The number of likely N-dealkylation sites (N-methyl/N-ethyl adjacent to an activating group) is 1. The van der Waals surface area contributed by atoms with Crippen LogP contribution in [0.15, 0.2) is 77.7 Å². The number of nitrogens with one attached hydrogen (secondary N) is 1. The lowest BCUT2D eigenvalue weighted by Gasteiger charge is -2.31. The van der Waals surface area contributed by atoms with Crippen molar-refractivity contribution in [2.24, 2.45) is 0 Å². The third-order valence-corrected chi connectivity index (χ3v) is 8.25. The first-order chi connectivity index (χ1) is 17.0. The molecule has 0 aromatic heterocycles. The number of carbonyl (C=O) groups excluding carboxylic acids is 2. The van der Waals surface area contributed by atoms with E-state index < -0.39 is 34.4 Å². The van der Waals surface area contributed by atoms with Gasteiger partial charge >= 0.3 is 0 Å². The highest BCUT2D eigenvalue weighted by molar-refractivity contribution is 7.92. The van der Waals surface area contributed by atoms with Crippen molar-refractivity contribution in [1.29, 1.82) is 0 Å². The van der Waals surface area contributed by atoms with E-state index in [-0.39, 0.29) is 11.4 Å². The lowest BCUT2D eigenvalue weighted by atomic mass is 10.1. The fraction of sp³-hybridized carbons (Fsp3) is 0.200. The zero-order valence-electron chi connectivity index (χ0n) is 19.5. The zero-order chi connectivity index (χ0) is 26.5. The third kappa shape index (κ3) is 6.50. The third-order valence-electron chi connectivity index (χ3n) is 5.48. The summed E-state index contributed by atoms with van der Waals surface area (Å²) >= 11 is 18.1. The molecule has 190 valence electrons. The van der Waals surface area contributed by atoms with E-state index in [0.29, 0.717) is 26.3 Å². The predicted molar refractivity (Wildman–Crippen MR) is 143 cm³/mol. The number of carbonyl (C=O) groups is 2. The van der Waals surface area contributed by atoms with Gasteiger partial charge in [0.05, 0.1) is 20.6 Å². The highest BCUT2D eigenvalue weighted by Gasteiger charge is 2.32. The van der Waals surface area contributed by atoms with Gasteiger partial charge in [0.1, 0.15) is 12.6 Å². The van der Waals surface area contributed by atoms with Gasteiger partial charge in [-0.1, -0.05) is 59.1 Å². The van der Waals surface area contributed by atoms with Gasteiger partial charge in [-0.2, -0.15) is 0 Å². The van der Waals surface area contributed by atoms with Crippen LogP contribution in [0.25, 0.3) is 0 Å². The molecule has 11 heteroatoms. The topological polar surface area (TPSA) is 86.8 Å². The summed E-state index contributed by atoms with van der Waals surface area (Å²) in [6, 6.07) is 17.9. The summed E-state index contributed by atoms with van der Waals surface area (Å²) in [5.41, 5.74) is 0.920. The number of anilines is 1. The van der Waals surface area contributed by atoms with E-state index in [0.717, 1.165) is 4.31 Å². The number of sulfonamides is 1. The summed E-state index contributed by atoms with van der Waals surface area (Å²) in [6.45, 7) is 1.03. The van der Waals surface area contributed by atoms with Crippen molar-refractivity contribution < 1.29 is 18.0 Å². The normalized spacial score (nSPS) is 12.0. The quantitative estimate of drug-likeness (QED) is 0.393. The SMILES string of the molecule is CNC(=O)C(C)N(Cc1ccc(Cl)c(Cl)c1)C(=O)CN(c1ccccc1)S(=O)(=O)c1ccc(Cl)cc1. The summed E-state index contributed by atoms with van der Waals surface area (Å²) in [5, 5.41) is 3.55. The molecule has 3 aromatic rings. The smallest absolute Gasteiger partial charge is 0.264 e. The van der Waals surface area contributed by atoms with Gasteiger partial charge in [0.2, 0.25) is 11.8 Å². The van der Waals surface area contributed by atoms with Gasteiger partial charge in [-0.3, -0.25) is 13.9 Å². The van der Waals surface area contributed by atoms with Crippen LogP contribution < -0.4 is 9.62 Å². The minimum absolute atomic E-state index is 0.00787. The van der Waals surface area contributed by atoms with Crippen LogP contribution in [0.1, 0.15) is 12.5 Å². The molecule has 1 unspecified atom stereocenters. The summed E-state index contributed by atoms with van der Waals surface area (Å²) < 4.78 is 28.2. The molecule has 3 aromatic carbocycles. The van der Waals surface area contributed by atoms with Crippen molar-refractivity contribution >= 4 is 62.3 Å². The Kier molecular flexibility index (Phi) is 9.24. The number of nitrogens with zero attached hydrogens (tertiary/aromatic N) is 2. The molecule has 0 fully saturated rings. The first-order valence-electron chi connectivity index (χ1n) is 10.8. The van der Waals surface area contributed by atoms with Crippen molar-refractivity contribution in [3.8, 4) is 0 Å². The summed E-state index contributed by atoms with van der Waals surface area (Å²) in [4.78, 5) is 27.4. The molecule has 0 bridgehead atoms. The fourth-order valence-corrected chi connectivity index (χ4v) is 5.34. The molecule has 2 amide bonds. The van der Waals surface area contributed by atoms with Crippen LogP contribution in [0.4, 0.5) is 5.69 Å². The number of hydrogen-bond donors (Lipinski definition) is 1. The number of hydrogen-bond acceptors (Lipinski definition) is 4. The van der Waals surface area contributed by atoms with Gasteiger partial charge in [-0.15, -0.1) is 0 Å². The molecule has 0 saturated heterocycles. The van der Waals surface area contributed by atoms with E-state index in [1.54, 1.807) is 55.5 Å². The lowest BCUT2D eigenvalue weighted by Crippen LogP contribution is -2.50. The van der Waals surface area contributed by atoms with Crippen molar-refractivity contribution in [3.63, 3.8) is 0 Å². The van der Waals surface area contributed by atoms with Crippen LogP contribution in [-0.2, 0) is 26.2 Å². The number of benzene rings is 3. The molecule has 0 radical (unpaired) electrons. The first-order valence-corrected chi connectivity index (χ1v) is 13.4. The summed E-state index contributed by atoms with van der Waals surface area (Å²) in [7, 11) is -2.69. The molecule has 0 aliphatic carbocycles. The van der Waals surface area contributed by atoms with Crippen LogP contribution in [0.5, 0.6) is 0 Å². The molecule has 1 N–H and O–H groups in total. The van der Waals surface area contributed by atoms with Gasteiger partial charge in [0, 0.05) is 18.6 Å². The number of rotatable bonds is 9. The van der Waals surface area contributed by atoms with E-state index in [9.17, 15) is 18.0 Å². The van der Waals surface area contributed by atoms with E-state index in [1.807, 2.05) is 0 Å². The fourth-order valence-electron chi connectivity index (χ4n) is 3.48. The molecule has 36 heavy (non-hydrogen) atoms. The Bertz CT molecular complexity index is 1340. The lowest BCUT2D eigenvalue weighted by molar-refractivity contribution is -0.139. The Morgan fingerprint density at radius 3 is 2.14 bits per heavy atom. The monoisotopic (exact) mass is 567 g/mol. The molecule has 0 aliphatic heterocycles. The Balaban J connectivity index is 2.01. The Hall–Kier alpha value is -2.78. The molecule has 0 heterocycles. The predicted octanol–water partition coefficient (Wildman–Crippen LogP) is 5.01. The molecule has 0 saturated carbocycles. The minimum Gasteiger partial charge on any atom is -0.357 e. The minimum atomic E-state index is -4.15. The van der Waals surface area contributed by atoms with Crippen molar-refractivity contribution in [2.75, 3.05) is 17.9 Å². The van der Waals surface area contributed by atoms with Gasteiger partial charge in [0.15, 0.2) is 0 Å². The molecule has 0 spiro atoms. The molecular formula is C25H24Cl3N3O4S. The standard InChI is InChI=1S/C25H24Cl3N3O4S/c1-17(25(33)29-2)30(15-18-8-13-22(27)23(28)14-18)24(32)16-31(20-6-4-3-5-7-20)36(34,35)21-11-9-19(26)10-12-21/h3-14,17H,15-16H2,1-2H3,(H,29,33). The van der Waals surface area contributed by atoms with Crippen LogP contribution in [0.2, 0.25) is 15.1 Å². The van der Waals surface area contributed by atoms with Crippen LogP contribution >= 0.6 is 34.8 Å². The number of halogens is 3. The number of para-hydroxylation sites is 1. The van der Waals surface area contributed by atoms with E-state index in [2.05, 4.69) is 5.32 Å². The number of amides is 2. The average Bonchev–Trinajstić information content (AvgIpc) is 2.87. The maximum Gasteiger partial charge on any atom is 0.264 e. The largest absolute Gasteiger partial charge is 0.357 e. The zero-order valence-corrected chi connectivity index (χ0v) is 22.6. The molecule has 7 nitrogen and oxygen atoms in total. The summed E-state index contributed by atoms with van der Waals surface area (Å²) in [6.07, 6.45) is 0. The highest BCUT2D eigenvalue weighted by atomic mass is 35.5. The van der Waals surface area contributed by atoms with Crippen LogP contribution in [0, 0.1) is 0 Å². The second kappa shape index (κ2) is 12.0. The van der Waals surface area contributed by atoms with Crippen LogP contribution in [0.3, 0.4) is 0 Å². The first kappa shape index (κ1) is 27.8. The maximum absolute atomic E-state index is 13.6. The van der Waals surface area contributed by atoms with Crippen molar-refractivity contribution in [1.82, 2.24) is 10.2 Å². The van der Waals surface area contributed by atoms with Gasteiger partial charge in [-0.05, 0) is 61.0 Å². The second-order valence-corrected chi connectivity index (χ2v) is 11.0. The Morgan fingerprint density at radius 2 is 1.56 bits per heavy atom. The maximum atomic E-state index is 13.6. The second-order valence-electron chi connectivity index (χ2n) is 7.86. The van der Waals surface area contributed by atoms with Gasteiger partial charge < -0.3 is 10.2 Å². The molecule has 0 aliphatic rings. The Labute approximate surface area is 225 Å². The van der Waals surface area contributed by atoms with E-state index >= 15 is 0 Å². The molecule has 1 atom stereocenters. The van der Waals surface area contributed by atoms with Crippen LogP contribution in [-0.4, -0.2) is 44.8 Å². The molecule has 3 rings (SSSR count). The molecular weight excluding hydrogens is 545 g/mol. The van der Waals surface area contributed by atoms with E-state index in [4.69, 9.17) is 34.8 Å².